The Morgan fingerprint density at radius 2 is 1.84 bits per heavy atom. The van der Waals surface area contributed by atoms with Crippen LogP contribution in [0, 0.1) is 0 Å². The standard InChI is InChI=1S/C16H26N2O/c1-2-18(13-14-9-11-17-12-10-14)15-7-5-3-4-6-8-16(15)19/h9-12,15-16,19H,2-8,13H2,1H3. The number of likely N-dealkylation sites (N-methyl/N-ethyl adjacent to an activating group) is 1. The fourth-order valence-corrected chi connectivity index (χ4v) is 3.06. The third-order valence-corrected chi connectivity index (χ3v) is 4.20. The molecule has 2 rings (SSSR count). The maximum absolute atomic E-state index is 10.4. The smallest absolute Gasteiger partial charge is 0.0695 e. The summed E-state index contributed by atoms with van der Waals surface area (Å²) in [5.74, 6) is 0. The van der Waals surface area contributed by atoms with Crippen molar-refractivity contribution in [2.45, 2.75) is 64.1 Å². The van der Waals surface area contributed by atoms with Crippen molar-refractivity contribution in [1.82, 2.24) is 9.88 Å². The molecular formula is C16H26N2O. The number of aliphatic hydroxyl groups is 1. The van der Waals surface area contributed by atoms with E-state index in [0.717, 1.165) is 25.9 Å². The highest BCUT2D eigenvalue weighted by atomic mass is 16.3. The summed E-state index contributed by atoms with van der Waals surface area (Å²) in [6.07, 6.45) is 10.6. The van der Waals surface area contributed by atoms with E-state index in [1.54, 1.807) is 0 Å². The summed E-state index contributed by atoms with van der Waals surface area (Å²) < 4.78 is 0. The molecule has 1 saturated carbocycles. The van der Waals surface area contributed by atoms with Crippen LogP contribution in [0.4, 0.5) is 0 Å². The summed E-state index contributed by atoms with van der Waals surface area (Å²) in [5.41, 5.74) is 1.28. The van der Waals surface area contributed by atoms with Gasteiger partial charge in [-0.25, -0.2) is 0 Å². The van der Waals surface area contributed by atoms with E-state index in [1.807, 2.05) is 12.4 Å². The lowest BCUT2D eigenvalue weighted by molar-refractivity contribution is 0.0296. The lowest BCUT2D eigenvalue weighted by Crippen LogP contribution is -2.43. The Morgan fingerprint density at radius 1 is 1.16 bits per heavy atom. The molecule has 19 heavy (non-hydrogen) atoms. The van der Waals surface area contributed by atoms with Gasteiger partial charge in [0.1, 0.15) is 0 Å². The predicted octanol–water partition coefficient (Wildman–Crippen LogP) is 2.99. The molecule has 1 aromatic rings. The van der Waals surface area contributed by atoms with Crippen molar-refractivity contribution in [2.75, 3.05) is 6.54 Å². The summed E-state index contributed by atoms with van der Waals surface area (Å²) >= 11 is 0. The SMILES string of the molecule is CCN(Cc1ccncc1)C1CCCCCCC1O. The minimum absolute atomic E-state index is 0.165. The predicted molar refractivity (Wildman–Crippen MR) is 77.8 cm³/mol. The third kappa shape index (κ3) is 4.29. The normalized spacial score (nSPS) is 25.0. The monoisotopic (exact) mass is 262 g/mol. The van der Waals surface area contributed by atoms with Gasteiger partial charge in [-0.05, 0) is 37.1 Å². The van der Waals surface area contributed by atoms with Gasteiger partial charge in [0.2, 0.25) is 0 Å². The molecule has 0 radical (unpaired) electrons. The lowest BCUT2D eigenvalue weighted by atomic mass is 9.93. The second-order valence-electron chi connectivity index (χ2n) is 5.54. The average Bonchev–Trinajstić information content (AvgIpc) is 2.43. The summed E-state index contributed by atoms with van der Waals surface area (Å²) in [5, 5.41) is 10.4. The number of rotatable bonds is 4. The Bertz CT molecular complexity index is 355. The highest BCUT2D eigenvalue weighted by molar-refractivity contribution is 5.09. The molecule has 0 amide bonds. The summed E-state index contributed by atoms with van der Waals surface area (Å²) in [4.78, 5) is 6.49. The Labute approximate surface area is 116 Å². The Balaban J connectivity index is 2.01. The van der Waals surface area contributed by atoms with Crippen molar-refractivity contribution in [3.05, 3.63) is 30.1 Å². The Morgan fingerprint density at radius 3 is 2.53 bits per heavy atom. The van der Waals surface area contributed by atoms with E-state index >= 15 is 0 Å². The Hall–Kier alpha value is -0.930. The second-order valence-corrected chi connectivity index (χ2v) is 5.54. The van der Waals surface area contributed by atoms with Gasteiger partial charge in [-0.1, -0.05) is 32.6 Å². The summed E-state index contributed by atoms with van der Waals surface area (Å²) in [7, 11) is 0. The minimum Gasteiger partial charge on any atom is -0.391 e. The molecule has 0 spiro atoms. The highest BCUT2D eigenvalue weighted by Gasteiger charge is 2.25. The van der Waals surface area contributed by atoms with Crippen LogP contribution in [-0.4, -0.2) is 33.7 Å². The van der Waals surface area contributed by atoms with Gasteiger partial charge in [0.25, 0.3) is 0 Å². The first-order valence-electron chi connectivity index (χ1n) is 7.62. The van der Waals surface area contributed by atoms with Crippen molar-refractivity contribution in [3.8, 4) is 0 Å². The maximum atomic E-state index is 10.4. The molecule has 2 atom stereocenters. The largest absolute Gasteiger partial charge is 0.391 e. The molecule has 106 valence electrons. The third-order valence-electron chi connectivity index (χ3n) is 4.20. The first-order valence-corrected chi connectivity index (χ1v) is 7.62. The van der Waals surface area contributed by atoms with Gasteiger partial charge in [0.05, 0.1) is 6.10 Å². The van der Waals surface area contributed by atoms with Gasteiger partial charge in [-0.2, -0.15) is 0 Å². The van der Waals surface area contributed by atoms with Gasteiger partial charge in [-0.3, -0.25) is 9.88 Å². The van der Waals surface area contributed by atoms with E-state index in [2.05, 4.69) is 28.9 Å². The van der Waals surface area contributed by atoms with Gasteiger partial charge in [0, 0.05) is 25.0 Å². The van der Waals surface area contributed by atoms with E-state index in [4.69, 9.17) is 0 Å². The van der Waals surface area contributed by atoms with Gasteiger partial charge in [-0.15, -0.1) is 0 Å². The second kappa shape index (κ2) is 7.61. The molecule has 1 fully saturated rings. The van der Waals surface area contributed by atoms with Gasteiger partial charge >= 0.3 is 0 Å². The van der Waals surface area contributed by atoms with Crippen molar-refractivity contribution in [1.29, 1.82) is 0 Å². The van der Waals surface area contributed by atoms with Gasteiger partial charge in [0.15, 0.2) is 0 Å². The molecule has 0 aromatic carbocycles. The summed E-state index contributed by atoms with van der Waals surface area (Å²) in [6, 6.07) is 4.45. The highest BCUT2D eigenvalue weighted by Crippen LogP contribution is 2.23. The quantitative estimate of drug-likeness (QED) is 0.906. The number of aliphatic hydroxyl groups excluding tert-OH is 1. The number of hydrogen-bond donors (Lipinski definition) is 1. The fourth-order valence-electron chi connectivity index (χ4n) is 3.06. The zero-order valence-electron chi connectivity index (χ0n) is 12.0. The molecule has 1 aliphatic rings. The van der Waals surface area contributed by atoms with Crippen LogP contribution in [0.5, 0.6) is 0 Å². The molecule has 1 aliphatic carbocycles. The number of hydrogen-bond acceptors (Lipinski definition) is 3. The molecule has 1 heterocycles. The van der Waals surface area contributed by atoms with Crippen LogP contribution in [0.15, 0.2) is 24.5 Å². The van der Waals surface area contributed by atoms with E-state index in [-0.39, 0.29) is 6.10 Å². The fraction of sp³-hybridized carbons (Fsp3) is 0.688. The van der Waals surface area contributed by atoms with Crippen molar-refractivity contribution in [2.24, 2.45) is 0 Å². The first-order chi connectivity index (χ1) is 9.31. The van der Waals surface area contributed by atoms with Crippen LogP contribution in [0.3, 0.4) is 0 Å². The lowest BCUT2D eigenvalue weighted by Gasteiger charge is -2.35. The van der Waals surface area contributed by atoms with Crippen LogP contribution < -0.4 is 0 Å². The van der Waals surface area contributed by atoms with Crippen molar-refractivity contribution < 1.29 is 5.11 Å². The van der Waals surface area contributed by atoms with E-state index < -0.39 is 0 Å². The zero-order valence-corrected chi connectivity index (χ0v) is 12.0. The molecule has 0 saturated heterocycles. The zero-order chi connectivity index (χ0) is 13.5. The Kier molecular flexibility index (Phi) is 5.80. The van der Waals surface area contributed by atoms with Crippen molar-refractivity contribution in [3.63, 3.8) is 0 Å². The molecule has 1 N–H and O–H groups in total. The van der Waals surface area contributed by atoms with E-state index in [1.165, 1.54) is 31.2 Å². The van der Waals surface area contributed by atoms with Crippen LogP contribution >= 0.6 is 0 Å². The molecule has 1 aromatic heterocycles. The number of aromatic nitrogens is 1. The summed E-state index contributed by atoms with van der Waals surface area (Å²) in [6.45, 7) is 4.09. The topological polar surface area (TPSA) is 36.4 Å². The van der Waals surface area contributed by atoms with Gasteiger partial charge < -0.3 is 5.11 Å². The molecule has 0 aliphatic heterocycles. The maximum Gasteiger partial charge on any atom is 0.0695 e. The number of nitrogens with zero attached hydrogens (tertiary/aromatic N) is 2. The molecular weight excluding hydrogens is 236 g/mol. The number of pyridine rings is 1. The van der Waals surface area contributed by atoms with E-state index in [9.17, 15) is 5.11 Å². The van der Waals surface area contributed by atoms with Crippen LogP contribution in [0.2, 0.25) is 0 Å². The van der Waals surface area contributed by atoms with Crippen molar-refractivity contribution >= 4 is 0 Å². The minimum atomic E-state index is -0.165. The van der Waals surface area contributed by atoms with Crippen LogP contribution in [0.25, 0.3) is 0 Å². The van der Waals surface area contributed by atoms with Crippen LogP contribution in [0.1, 0.15) is 51.0 Å². The molecule has 0 bridgehead atoms. The molecule has 2 unspecified atom stereocenters. The van der Waals surface area contributed by atoms with E-state index in [0.29, 0.717) is 6.04 Å². The average molecular weight is 262 g/mol. The molecule has 3 heteroatoms. The van der Waals surface area contributed by atoms with Crippen LogP contribution in [-0.2, 0) is 6.54 Å². The molecule has 3 nitrogen and oxygen atoms in total. The first kappa shape index (κ1) is 14.5.